The van der Waals surface area contributed by atoms with Crippen LogP contribution in [0.15, 0.2) is 54.0 Å². The molecule has 2 fully saturated rings. The van der Waals surface area contributed by atoms with Crippen LogP contribution in [-0.2, 0) is 0 Å². The van der Waals surface area contributed by atoms with E-state index in [1.54, 1.807) is 24.5 Å². The highest BCUT2D eigenvalue weighted by Crippen LogP contribution is 2.58. The number of allylic oxidation sites excluding steroid dienone is 3. The molecule has 0 radical (unpaired) electrons. The number of nitrogens with zero attached hydrogens (tertiary/aromatic N) is 4. The molecular weight excluding hydrogens is 445 g/mol. The summed E-state index contributed by atoms with van der Waals surface area (Å²) in [7, 11) is 0. The number of fused-ring (bicyclic) bond motifs is 2. The molecule has 4 aliphatic carbocycles. The summed E-state index contributed by atoms with van der Waals surface area (Å²) in [5.41, 5.74) is 9.98. The van der Waals surface area contributed by atoms with Gasteiger partial charge in [-0.25, -0.2) is 6.57 Å². The largest absolute Gasteiger partial charge is 0.409 e. The smallest absolute Gasteiger partial charge is 0.234 e. The molecule has 0 unspecified atom stereocenters. The first-order valence-corrected chi connectivity index (χ1v) is 11.2. The summed E-state index contributed by atoms with van der Waals surface area (Å²) in [6, 6.07) is 7.55. The van der Waals surface area contributed by atoms with Crippen molar-refractivity contribution in [2.45, 2.75) is 18.9 Å². The maximum Gasteiger partial charge on any atom is 0.234 e. The Kier molecular flexibility index (Phi) is 5.40. The molecule has 0 aliphatic heterocycles. The Balaban J connectivity index is 0.000000136. The van der Waals surface area contributed by atoms with Crippen molar-refractivity contribution >= 4 is 40.2 Å². The second-order valence-electron chi connectivity index (χ2n) is 8.66. The highest BCUT2D eigenvalue weighted by Gasteiger charge is 2.59. The first-order chi connectivity index (χ1) is 15.5. The predicted octanol–water partition coefficient (Wildman–Crippen LogP) is 5.19. The molecule has 2 aromatic heterocycles. The van der Waals surface area contributed by atoms with Gasteiger partial charge in [-0.15, -0.1) is 0 Å². The number of oxime groups is 1. The van der Waals surface area contributed by atoms with E-state index < -0.39 is 0 Å². The maximum absolute atomic E-state index is 8.63. The van der Waals surface area contributed by atoms with Crippen LogP contribution < -0.4 is 5.73 Å². The van der Waals surface area contributed by atoms with Gasteiger partial charge in [-0.2, -0.15) is 0 Å². The minimum atomic E-state index is 0.211. The van der Waals surface area contributed by atoms with Gasteiger partial charge in [0.25, 0.3) is 0 Å². The fourth-order valence-corrected chi connectivity index (χ4v) is 5.38. The van der Waals surface area contributed by atoms with Gasteiger partial charge in [0.15, 0.2) is 0 Å². The molecule has 0 bridgehead atoms. The average Bonchev–Trinajstić information content (AvgIpc) is 3.50. The second kappa shape index (κ2) is 8.23. The Labute approximate surface area is 196 Å². The number of aromatic nitrogens is 2. The second-order valence-corrected chi connectivity index (χ2v) is 9.54. The van der Waals surface area contributed by atoms with Gasteiger partial charge in [0.1, 0.15) is 5.84 Å². The molecule has 162 valence electrons. The summed E-state index contributed by atoms with van der Waals surface area (Å²) in [6.45, 7) is 6.98. The number of halogens is 2. The number of hydrogen-bond donors (Lipinski definition) is 2. The Morgan fingerprint density at radius 2 is 1.56 bits per heavy atom. The van der Waals surface area contributed by atoms with Crippen LogP contribution in [0.4, 0.5) is 0 Å². The standard InChI is InChI=1S/C12H12ClN3O.C12H9ClN2/c13-7-1-2-15-10(5-7)6-3-8-9(4-6)11(8)12(14)16-17;1-14-12-9-4-7(5-10(9)12)11-6-8(13)2-3-15-11/h1-3,5,8-9,11,17H,4H2,(H2,14,16);2-4,6,9-10,12H,5H2/t8-,9+,11+;9-,10+,12+/m00/s1. The number of rotatable bonds is 3. The van der Waals surface area contributed by atoms with Crippen molar-refractivity contribution in [3.63, 3.8) is 0 Å². The zero-order chi connectivity index (χ0) is 22.4. The van der Waals surface area contributed by atoms with Gasteiger partial charge in [0.05, 0.1) is 23.2 Å². The molecule has 0 aromatic carbocycles. The van der Waals surface area contributed by atoms with Crippen molar-refractivity contribution in [2.75, 3.05) is 0 Å². The first-order valence-electron chi connectivity index (χ1n) is 10.5. The zero-order valence-corrected chi connectivity index (χ0v) is 18.6. The summed E-state index contributed by atoms with van der Waals surface area (Å²) >= 11 is 11.8. The van der Waals surface area contributed by atoms with E-state index in [9.17, 15) is 0 Å². The number of nitrogens with two attached hydrogens (primary N) is 1. The molecule has 6 rings (SSSR count). The molecule has 2 saturated carbocycles. The molecule has 3 N–H and O–H groups in total. The van der Waals surface area contributed by atoms with Crippen molar-refractivity contribution in [2.24, 2.45) is 40.5 Å². The van der Waals surface area contributed by atoms with E-state index in [0.717, 1.165) is 29.3 Å². The summed E-state index contributed by atoms with van der Waals surface area (Å²) in [5.74, 6) is 2.47. The topological polar surface area (TPSA) is 88.8 Å². The minimum absolute atomic E-state index is 0.211. The third kappa shape index (κ3) is 3.87. The van der Waals surface area contributed by atoms with Crippen molar-refractivity contribution < 1.29 is 5.21 Å². The maximum atomic E-state index is 8.63. The van der Waals surface area contributed by atoms with Gasteiger partial charge in [0, 0.05) is 28.4 Å². The molecule has 6 nitrogen and oxygen atoms in total. The van der Waals surface area contributed by atoms with Crippen LogP contribution in [0.2, 0.25) is 10.0 Å². The normalized spacial score (nSPS) is 31.3. The predicted molar refractivity (Wildman–Crippen MR) is 125 cm³/mol. The van der Waals surface area contributed by atoms with Crippen LogP contribution >= 0.6 is 23.2 Å². The molecule has 32 heavy (non-hydrogen) atoms. The van der Waals surface area contributed by atoms with E-state index in [-0.39, 0.29) is 12.0 Å². The highest BCUT2D eigenvalue weighted by molar-refractivity contribution is 6.31. The fraction of sp³-hybridized carbons (Fsp3) is 0.333. The Hall–Kier alpha value is -2.88. The molecule has 2 heterocycles. The lowest BCUT2D eigenvalue weighted by atomic mass is 10.1. The Morgan fingerprint density at radius 1 is 1.00 bits per heavy atom. The van der Waals surface area contributed by atoms with Crippen molar-refractivity contribution in [3.8, 4) is 0 Å². The van der Waals surface area contributed by atoms with Crippen molar-refractivity contribution in [1.29, 1.82) is 0 Å². The number of amidine groups is 1. The third-order valence-corrected chi connectivity index (χ3v) is 7.29. The highest BCUT2D eigenvalue weighted by atomic mass is 35.5. The molecule has 4 aliphatic rings. The lowest BCUT2D eigenvalue weighted by Gasteiger charge is -2.05. The van der Waals surface area contributed by atoms with Crippen LogP contribution in [0.3, 0.4) is 0 Å². The van der Waals surface area contributed by atoms with Crippen LogP contribution in [-0.4, -0.2) is 27.1 Å². The number of pyridine rings is 2. The number of hydrogen-bond acceptors (Lipinski definition) is 4. The summed E-state index contributed by atoms with van der Waals surface area (Å²) in [6.07, 6.45) is 9.74. The van der Waals surface area contributed by atoms with Crippen LogP contribution in [0.1, 0.15) is 24.2 Å². The van der Waals surface area contributed by atoms with Gasteiger partial charge < -0.3 is 15.8 Å². The van der Waals surface area contributed by atoms with Gasteiger partial charge in [-0.1, -0.05) is 40.5 Å². The molecular formula is C24H21Cl2N5O. The lowest BCUT2D eigenvalue weighted by molar-refractivity contribution is 0.316. The van der Waals surface area contributed by atoms with E-state index in [1.807, 2.05) is 12.1 Å². The summed E-state index contributed by atoms with van der Waals surface area (Å²) in [5, 5.41) is 13.1. The monoisotopic (exact) mass is 465 g/mol. The summed E-state index contributed by atoms with van der Waals surface area (Å²) in [4.78, 5) is 12.2. The third-order valence-electron chi connectivity index (χ3n) is 6.82. The van der Waals surface area contributed by atoms with Crippen molar-refractivity contribution in [3.05, 3.63) is 81.7 Å². The van der Waals surface area contributed by atoms with Crippen molar-refractivity contribution in [1.82, 2.24) is 9.97 Å². The van der Waals surface area contributed by atoms with Gasteiger partial charge in [0.2, 0.25) is 6.04 Å². The quantitative estimate of drug-likeness (QED) is 0.214. The van der Waals surface area contributed by atoms with E-state index >= 15 is 0 Å². The van der Waals surface area contributed by atoms with Crippen LogP contribution in [0.25, 0.3) is 16.0 Å². The van der Waals surface area contributed by atoms with E-state index in [4.69, 9.17) is 40.7 Å². The molecule has 2 aromatic rings. The Bertz CT molecular complexity index is 1200. The van der Waals surface area contributed by atoms with Gasteiger partial charge in [-0.3, -0.25) is 9.97 Å². The molecule has 0 spiro atoms. The van der Waals surface area contributed by atoms with E-state index in [0.29, 0.717) is 34.5 Å². The molecule has 0 saturated heterocycles. The molecule has 8 heteroatoms. The fourth-order valence-electron chi connectivity index (χ4n) is 5.07. The van der Waals surface area contributed by atoms with Crippen LogP contribution in [0, 0.1) is 36.2 Å². The Morgan fingerprint density at radius 3 is 1.97 bits per heavy atom. The zero-order valence-electron chi connectivity index (χ0n) is 17.1. The van der Waals surface area contributed by atoms with E-state index in [1.165, 1.54) is 11.1 Å². The lowest BCUT2D eigenvalue weighted by Crippen LogP contribution is -2.16. The average molecular weight is 466 g/mol. The van der Waals surface area contributed by atoms with Gasteiger partial charge in [-0.05, 0) is 60.1 Å². The van der Waals surface area contributed by atoms with Gasteiger partial charge >= 0.3 is 0 Å². The SMILES string of the molecule is N/C(=N\O)[C@@H]1[C@H]2C=C(c3cc(Cl)ccn3)C[C@H]21.[C-]#[N+][C@@H]1[C@H]2C=C(c3cc(Cl)ccn3)C[C@H]21. The summed E-state index contributed by atoms with van der Waals surface area (Å²) < 4.78 is 0. The van der Waals surface area contributed by atoms with E-state index in [2.05, 4.69) is 32.1 Å². The first kappa shape index (κ1) is 21.0. The molecule has 0 amide bonds. The molecule has 6 atom stereocenters. The minimum Gasteiger partial charge on any atom is -0.409 e. The van der Waals surface area contributed by atoms with Crippen LogP contribution in [0.5, 0.6) is 0 Å².